The summed E-state index contributed by atoms with van der Waals surface area (Å²) in [4.78, 5) is 107. The van der Waals surface area contributed by atoms with Crippen LogP contribution in [-0.4, -0.2) is 122 Å². The summed E-state index contributed by atoms with van der Waals surface area (Å²) in [6.45, 7) is 11.8. The van der Waals surface area contributed by atoms with Crippen LogP contribution in [0.25, 0.3) is 0 Å². The average molecular weight is 1640 g/mol. The first-order chi connectivity index (χ1) is 55.3. The largest absolute Gasteiger partial charge is 0.470 e. The Morgan fingerprint density at radius 1 is 0.368 bits per heavy atom. The molecule has 21 heteroatoms. The van der Waals surface area contributed by atoms with E-state index in [0.717, 1.165) is 180 Å². The van der Waals surface area contributed by atoms with Crippen molar-refractivity contribution >= 4 is 43.5 Å². The molecule has 0 spiro atoms. The molecule has 1 aliphatic rings. The number of amides is 2. The average Bonchev–Trinajstić information content (AvgIpc) is 0.716. The predicted molar refractivity (Wildman–Crippen MR) is 461 cm³/mol. The number of hydrogen-bond donors (Lipinski definition) is 7. The minimum atomic E-state index is -5.78. The maximum absolute atomic E-state index is 15.3. The number of hydrogen-bond acceptors (Lipinski definition) is 16. The number of ether oxygens (including phenoxy) is 5. The van der Waals surface area contributed by atoms with Crippen molar-refractivity contribution in [2.45, 2.75) is 546 Å². The van der Waals surface area contributed by atoms with E-state index in [9.17, 15) is 48.8 Å². The highest BCUT2D eigenvalue weighted by molar-refractivity contribution is 7.46. The molecular weight excluding hydrogens is 1460 g/mol. The van der Waals surface area contributed by atoms with Gasteiger partial charge < -0.3 is 59.4 Å². The van der Waals surface area contributed by atoms with E-state index in [4.69, 9.17) is 28.2 Å². The van der Waals surface area contributed by atoms with E-state index in [0.29, 0.717) is 38.5 Å². The van der Waals surface area contributed by atoms with Crippen molar-refractivity contribution in [3.8, 4) is 0 Å². The molecule has 1 fully saturated rings. The lowest BCUT2D eigenvalue weighted by Gasteiger charge is -2.56. The molecule has 1 heterocycles. The summed E-state index contributed by atoms with van der Waals surface area (Å²) >= 11 is 0. The van der Waals surface area contributed by atoms with Crippen molar-refractivity contribution in [2.24, 2.45) is 0 Å². The first-order valence-electron chi connectivity index (χ1n) is 48.1. The van der Waals surface area contributed by atoms with Gasteiger partial charge in [0.25, 0.3) is 5.79 Å². The zero-order valence-corrected chi connectivity index (χ0v) is 75.0. The fourth-order valence-corrected chi connectivity index (χ4v) is 16.7. The van der Waals surface area contributed by atoms with Gasteiger partial charge in [0.05, 0.1) is 25.9 Å². The minimum Gasteiger partial charge on any atom is -0.462 e. The van der Waals surface area contributed by atoms with Crippen LogP contribution in [0.15, 0.2) is 0 Å². The lowest BCUT2D eigenvalue weighted by Crippen LogP contribution is -2.81. The van der Waals surface area contributed by atoms with Crippen molar-refractivity contribution in [1.82, 2.24) is 10.6 Å². The number of carbonyl (C=O) groups is 6. The van der Waals surface area contributed by atoms with Crippen molar-refractivity contribution in [3.63, 3.8) is 0 Å². The quantitative estimate of drug-likeness (QED) is 0.00978. The van der Waals surface area contributed by atoms with Crippen LogP contribution in [-0.2, 0) is 61.5 Å². The normalized spacial score (nSPS) is 17.8. The Kier molecular flexibility index (Phi) is 71.4. The van der Waals surface area contributed by atoms with Gasteiger partial charge in [0, 0.05) is 25.8 Å². The highest BCUT2D eigenvalue weighted by atomic mass is 31.2. The van der Waals surface area contributed by atoms with Gasteiger partial charge in [-0.3, -0.25) is 33.3 Å². The molecule has 7 N–H and O–H groups in total. The molecule has 0 aromatic carbocycles. The van der Waals surface area contributed by atoms with Crippen molar-refractivity contribution in [1.29, 1.82) is 0 Å². The summed E-state index contributed by atoms with van der Waals surface area (Å²) in [7, 11) is -5.78. The number of carbonyl (C=O) groups excluding carboxylic acids is 6. The lowest BCUT2D eigenvalue weighted by atomic mass is 9.76. The Bertz CT molecular complexity index is 2350. The van der Waals surface area contributed by atoms with Crippen LogP contribution in [0.3, 0.4) is 0 Å². The van der Waals surface area contributed by atoms with Gasteiger partial charge in [-0.1, -0.05) is 388 Å². The van der Waals surface area contributed by atoms with E-state index < -0.39 is 112 Å². The Hall–Kier alpha value is -3.23. The van der Waals surface area contributed by atoms with E-state index in [1.807, 2.05) is 0 Å². The number of rotatable bonds is 84. The molecule has 1 rings (SSSR count). The second-order valence-corrected chi connectivity index (χ2v) is 35.2. The molecule has 0 aliphatic carbocycles. The lowest BCUT2D eigenvalue weighted by molar-refractivity contribution is -0.380. The first-order valence-corrected chi connectivity index (χ1v) is 49.6. The summed E-state index contributed by atoms with van der Waals surface area (Å²) in [5.74, 6) is -7.59. The fourth-order valence-electron chi connectivity index (χ4n) is 16.1. The number of aliphatic hydroxyl groups is 3. The molecule has 0 aromatic rings. The SMILES string of the molecule is CCCCCCCCCCCCCC(=O)O[C@H](CCCCCCCCCCC)CC(=O)NCCC[C@]1(NC(=O)C[C@@H](CCCCCCCCCCC)OC(=O)CCCCCCCCCCCCC)[C@H](O)O[C@H](CO)[C@@H](OP(=O)(O)O)[C@]1(O)OC(=O)C[C@@H](CCCCCCCCCCC)OC(=O)CCCCCCCCCCCCC. The van der Waals surface area contributed by atoms with Crippen LogP contribution >= 0.6 is 7.82 Å². The summed E-state index contributed by atoms with van der Waals surface area (Å²) < 4.78 is 48.9. The van der Waals surface area contributed by atoms with Crippen LogP contribution in [0.2, 0.25) is 0 Å². The standard InChI is InChI=1S/C93H177N2O18P/c1-7-13-19-25-31-37-40-46-52-58-64-71-86(99)108-80(68-61-55-49-43-34-28-22-16-10-4)76-84(97)94-75-67-74-92(95-85(98)77-81(69-62-56-50-44-35-29-23-17-11-5)109-87(100)72-65-59-53-47-41-38-32-26-20-14-8-2)91(103)111-83(79-96)90(113-114(105,106)107)93(92,104)112-89(102)78-82(70-63-57-51-45-36-30-24-18-12-6)110-88(101)73-66-60-54-48-42-39-33-27-21-15-9-3/h80-83,90-91,96,103-104H,7-79H2,1-6H3,(H,94,97)(H,95,98)(H2,105,106,107)/t80-,81-,82-,83-,90-,91-,92+,93+/m1/s1. The van der Waals surface area contributed by atoms with Crippen molar-refractivity contribution < 1.29 is 86.6 Å². The third-order valence-electron chi connectivity index (χ3n) is 23.2. The fraction of sp³-hybridized carbons (Fsp3) is 0.935. The maximum atomic E-state index is 15.3. The second kappa shape index (κ2) is 74.8. The van der Waals surface area contributed by atoms with E-state index >= 15 is 9.59 Å². The molecule has 672 valence electrons. The number of aliphatic hydroxyl groups excluding tert-OH is 2. The molecule has 1 saturated heterocycles. The molecule has 2 amide bonds. The van der Waals surface area contributed by atoms with Crippen molar-refractivity contribution in [3.05, 3.63) is 0 Å². The highest BCUT2D eigenvalue weighted by Crippen LogP contribution is 2.50. The number of esters is 4. The van der Waals surface area contributed by atoms with Crippen molar-refractivity contribution in [2.75, 3.05) is 13.2 Å². The minimum absolute atomic E-state index is 0.0925. The summed E-state index contributed by atoms with van der Waals surface area (Å²) in [5.41, 5.74) is -2.82. The molecule has 1 aliphatic heterocycles. The molecule has 8 atom stereocenters. The monoisotopic (exact) mass is 1640 g/mol. The zero-order valence-electron chi connectivity index (χ0n) is 74.1. The van der Waals surface area contributed by atoms with Crippen LogP contribution in [0.4, 0.5) is 0 Å². The summed E-state index contributed by atoms with van der Waals surface area (Å²) in [6, 6.07) is 0. The van der Waals surface area contributed by atoms with Crippen LogP contribution in [0.1, 0.15) is 497 Å². The van der Waals surface area contributed by atoms with E-state index in [1.165, 1.54) is 173 Å². The Labute approximate surface area is 696 Å². The molecule has 0 radical (unpaired) electrons. The number of nitrogens with one attached hydrogen (secondary N) is 2. The predicted octanol–water partition coefficient (Wildman–Crippen LogP) is 23.9. The molecule has 114 heavy (non-hydrogen) atoms. The maximum Gasteiger partial charge on any atom is 0.470 e. The second-order valence-electron chi connectivity index (χ2n) is 34.0. The van der Waals surface area contributed by atoms with E-state index in [-0.39, 0.29) is 57.5 Å². The van der Waals surface area contributed by atoms with Gasteiger partial charge in [0.1, 0.15) is 24.4 Å². The van der Waals surface area contributed by atoms with Gasteiger partial charge in [0.2, 0.25) is 11.8 Å². The number of phosphoric ester groups is 1. The Morgan fingerprint density at radius 3 is 0.912 bits per heavy atom. The van der Waals surface area contributed by atoms with Gasteiger partial charge in [-0.2, -0.15) is 0 Å². The topological polar surface area (TPSA) is 300 Å². The van der Waals surface area contributed by atoms with E-state index in [2.05, 4.69) is 52.2 Å². The van der Waals surface area contributed by atoms with Gasteiger partial charge in [-0.05, 0) is 70.6 Å². The molecule has 0 aromatic heterocycles. The summed E-state index contributed by atoms with van der Waals surface area (Å²) in [6.07, 6.45) is 53.4. The Morgan fingerprint density at radius 2 is 0.632 bits per heavy atom. The van der Waals surface area contributed by atoms with Gasteiger partial charge in [0.15, 0.2) is 17.9 Å². The molecule has 0 unspecified atom stereocenters. The third-order valence-corrected chi connectivity index (χ3v) is 23.7. The smallest absolute Gasteiger partial charge is 0.462 e. The van der Waals surface area contributed by atoms with Crippen LogP contribution in [0, 0.1) is 0 Å². The zero-order chi connectivity index (χ0) is 83.7. The molecule has 0 saturated carbocycles. The number of unbranched alkanes of at least 4 members (excludes halogenated alkanes) is 54. The Balaban J connectivity index is 3.90. The number of phosphoric acid groups is 1. The first kappa shape index (κ1) is 109. The molecule has 20 nitrogen and oxygen atoms in total. The van der Waals surface area contributed by atoms with Gasteiger partial charge in [-0.15, -0.1) is 0 Å². The summed E-state index contributed by atoms with van der Waals surface area (Å²) in [5, 5.41) is 42.8. The van der Waals surface area contributed by atoms with E-state index in [1.54, 1.807) is 0 Å². The van der Waals surface area contributed by atoms with Gasteiger partial charge in [-0.25, -0.2) is 4.57 Å². The van der Waals surface area contributed by atoms with Crippen LogP contribution in [0.5, 0.6) is 0 Å². The molecule has 0 bridgehead atoms. The third kappa shape index (κ3) is 58.6. The highest BCUT2D eigenvalue weighted by Gasteiger charge is 2.70. The van der Waals surface area contributed by atoms with Crippen LogP contribution < -0.4 is 10.6 Å². The molecular formula is C93H177N2O18P. The van der Waals surface area contributed by atoms with Gasteiger partial charge >= 0.3 is 31.7 Å².